The molecule has 0 radical (unpaired) electrons. The Kier molecular flexibility index (Phi) is 4.10. The van der Waals surface area contributed by atoms with Gasteiger partial charge < -0.3 is 15.0 Å². The lowest BCUT2D eigenvalue weighted by Gasteiger charge is -2.18. The molecule has 5 heteroatoms. The molecule has 0 aliphatic carbocycles. The molecule has 2 N–H and O–H groups in total. The Balaban J connectivity index is 2.43. The minimum atomic E-state index is -1.08. The SMILES string of the molecule is CC(C(=O)O)C(=O)N(C)CCc1cc[nH]c1. The number of aromatic nitrogens is 1. The summed E-state index contributed by atoms with van der Waals surface area (Å²) in [6.07, 6.45) is 4.40. The van der Waals surface area contributed by atoms with E-state index in [0.717, 1.165) is 12.0 Å². The number of carbonyl (C=O) groups is 2. The summed E-state index contributed by atoms with van der Waals surface area (Å²) in [5.41, 5.74) is 1.10. The maximum absolute atomic E-state index is 11.6. The summed E-state index contributed by atoms with van der Waals surface area (Å²) in [6.45, 7) is 1.92. The maximum atomic E-state index is 11.6. The van der Waals surface area contributed by atoms with Crippen LogP contribution in [0.2, 0.25) is 0 Å². The molecule has 1 heterocycles. The zero-order chi connectivity index (χ0) is 12.1. The molecule has 0 fully saturated rings. The molecule has 1 aromatic heterocycles. The molecule has 88 valence electrons. The molecule has 1 rings (SSSR count). The molecule has 1 aromatic rings. The molecule has 0 aromatic carbocycles. The Morgan fingerprint density at radius 3 is 2.75 bits per heavy atom. The predicted molar refractivity (Wildman–Crippen MR) is 58.9 cm³/mol. The van der Waals surface area contributed by atoms with Gasteiger partial charge in [0, 0.05) is 26.0 Å². The van der Waals surface area contributed by atoms with Crippen LogP contribution in [0.3, 0.4) is 0 Å². The number of carboxylic acid groups (broad SMARTS) is 1. The molecular formula is C11H16N2O3. The van der Waals surface area contributed by atoms with Gasteiger partial charge in [0.05, 0.1) is 0 Å². The third kappa shape index (κ3) is 3.12. The number of amides is 1. The molecule has 1 amide bonds. The lowest BCUT2D eigenvalue weighted by Crippen LogP contribution is -2.36. The van der Waals surface area contributed by atoms with Gasteiger partial charge in [0.25, 0.3) is 0 Å². The average molecular weight is 224 g/mol. The zero-order valence-corrected chi connectivity index (χ0v) is 9.43. The summed E-state index contributed by atoms with van der Waals surface area (Å²) in [4.78, 5) is 26.6. The zero-order valence-electron chi connectivity index (χ0n) is 9.43. The van der Waals surface area contributed by atoms with E-state index < -0.39 is 11.9 Å². The van der Waals surface area contributed by atoms with Gasteiger partial charge in [0.15, 0.2) is 0 Å². The van der Waals surface area contributed by atoms with Gasteiger partial charge in [0.1, 0.15) is 5.92 Å². The topological polar surface area (TPSA) is 73.4 Å². The number of likely N-dealkylation sites (N-methyl/N-ethyl adjacent to an activating group) is 1. The van der Waals surface area contributed by atoms with Crippen molar-refractivity contribution < 1.29 is 14.7 Å². The summed E-state index contributed by atoms with van der Waals surface area (Å²) >= 11 is 0. The second-order valence-corrected chi connectivity index (χ2v) is 3.79. The molecule has 0 spiro atoms. The molecule has 16 heavy (non-hydrogen) atoms. The van der Waals surface area contributed by atoms with Crippen LogP contribution in [0.25, 0.3) is 0 Å². The van der Waals surface area contributed by atoms with Gasteiger partial charge in [-0.05, 0) is 25.0 Å². The first-order chi connectivity index (χ1) is 7.52. The van der Waals surface area contributed by atoms with Gasteiger partial charge in [-0.3, -0.25) is 9.59 Å². The van der Waals surface area contributed by atoms with Crippen LogP contribution in [0.15, 0.2) is 18.5 Å². The van der Waals surface area contributed by atoms with E-state index in [9.17, 15) is 9.59 Å². The number of rotatable bonds is 5. The van der Waals surface area contributed by atoms with Crippen molar-refractivity contribution in [2.24, 2.45) is 5.92 Å². The molecule has 1 atom stereocenters. The predicted octanol–water partition coefficient (Wildman–Crippen LogP) is 0.736. The lowest BCUT2D eigenvalue weighted by atomic mass is 10.1. The van der Waals surface area contributed by atoms with Crippen molar-refractivity contribution in [3.8, 4) is 0 Å². The number of nitrogens with one attached hydrogen (secondary N) is 1. The number of aromatic amines is 1. The van der Waals surface area contributed by atoms with E-state index in [2.05, 4.69) is 4.98 Å². The van der Waals surface area contributed by atoms with Crippen LogP contribution in [-0.2, 0) is 16.0 Å². The average Bonchev–Trinajstić information content (AvgIpc) is 2.76. The number of hydrogen-bond donors (Lipinski definition) is 2. The van der Waals surface area contributed by atoms with Crippen molar-refractivity contribution in [3.63, 3.8) is 0 Å². The highest BCUT2D eigenvalue weighted by atomic mass is 16.4. The maximum Gasteiger partial charge on any atom is 0.315 e. The molecule has 0 bridgehead atoms. The van der Waals surface area contributed by atoms with Crippen molar-refractivity contribution in [1.82, 2.24) is 9.88 Å². The summed E-state index contributed by atoms with van der Waals surface area (Å²) in [7, 11) is 1.62. The Morgan fingerprint density at radius 2 is 2.25 bits per heavy atom. The van der Waals surface area contributed by atoms with E-state index in [-0.39, 0.29) is 5.91 Å². The Labute approximate surface area is 94.1 Å². The second-order valence-electron chi connectivity index (χ2n) is 3.79. The van der Waals surface area contributed by atoms with Crippen LogP contribution >= 0.6 is 0 Å². The van der Waals surface area contributed by atoms with Gasteiger partial charge in [0.2, 0.25) is 5.91 Å². The highest BCUT2D eigenvalue weighted by Gasteiger charge is 2.23. The van der Waals surface area contributed by atoms with E-state index in [1.54, 1.807) is 7.05 Å². The van der Waals surface area contributed by atoms with E-state index >= 15 is 0 Å². The van der Waals surface area contributed by atoms with Crippen LogP contribution in [-0.4, -0.2) is 40.5 Å². The third-order valence-corrected chi connectivity index (χ3v) is 2.52. The summed E-state index contributed by atoms with van der Waals surface area (Å²) in [5.74, 6) is -2.42. The minimum Gasteiger partial charge on any atom is -0.481 e. The van der Waals surface area contributed by atoms with Crippen LogP contribution in [0.1, 0.15) is 12.5 Å². The fourth-order valence-corrected chi connectivity index (χ4v) is 1.36. The molecule has 0 aliphatic rings. The van der Waals surface area contributed by atoms with Crippen LogP contribution < -0.4 is 0 Å². The first kappa shape index (κ1) is 12.3. The van der Waals surface area contributed by atoms with Crippen molar-refractivity contribution in [3.05, 3.63) is 24.0 Å². The molecule has 0 aliphatic heterocycles. The Hall–Kier alpha value is -1.78. The fraction of sp³-hybridized carbons (Fsp3) is 0.455. The first-order valence-corrected chi connectivity index (χ1v) is 5.12. The quantitative estimate of drug-likeness (QED) is 0.724. The Morgan fingerprint density at radius 1 is 1.56 bits per heavy atom. The summed E-state index contributed by atoms with van der Waals surface area (Å²) in [6, 6.07) is 1.93. The van der Waals surface area contributed by atoms with Crippen molar-refractivity contribution in [2.45, 2.75) is 13.3 Å². The largest absolute Gasteiger partial charge is 0.481 e. The second kappa shape index (κ2) is 5.34. The van der Waals surface area contributed by atoms with Gasteiger partial charge in [-0.25, -0.2) is 0 Å². The number of H-pyrrole nitrogens is 1. The number of hydrogen-bond acceptors (Lipinski definition) is 2. The Bertz CT molecular complexity index is 359. The van der Waals surface area contributed by atoms with Gasteiger partial charge in [-0.2, -0.15) is 0 Å². The summed E-state index contributed by atoms with van der Waals surface area (Å²) in [5, 5.41) is 8.70. The van der Waals surface area contributed by atoms with Gasteiger partial charge in [-0.15, -0.1) is 0 Å². The first-order valence-electron chi connectivity index (χ1n) is 5.12. The third-order valence-electron chi connectivity index (χ3n) is 2.52. The van der Waals surface area contributed by atoms with Crippen molar-refractivity contribution in [2.75, 3.05) is 13.6 Å². The van der Waals surface area contributed by atoms with E-state index in [1.165, 1.54) is 11.8 Å². The fourth-order valence-electron chi connectivity index (χ4n) is 1.36. The number of aliphatic carboxylic acids is 1. The van der Waals surface area contributed by atoms with Crippen LogP contribution in [0, 0.1) is 5.92 Å². The van der Waals surface area contributed by atoms with Crippen molar-refractivity contribution >= 4 is 11.9 Å². The van der Waals surface area contributed by atoms with Crippen molar-refractivity contribution in [1.29, 1.82) is 0 Å². The van der Waals surface area contributed by atoms with Gasteiger partial charge in [-0.1, -0.05) is 0 Å². The molecule has 1 unspecified atom stereocenters. The van der Waals surface area contributed by atoms with Gasteiger partial charge >= 0.3 is 5.97 Å². The lowest BCUT2D eigenvalue weighted by molar-refractivity contribution is -0.149. The molecule has 0 saturated carbocycles. The molecular weight excluding hydrogens is 208 g/mol. The summed E-state index contributed by atoms with van der Waals surface area (Å²) < 4.78 is 0. The number of nitrogens with zero attached hydrogens (tertiary/aromatic N) is 1. The standard InChI is InChI=1S/C11H16N2O3/c1-8(11(15)16)10(14)13(2)6-4-9-3-5-12-7-9/h3,5,7-8,12H,4,6H2,1-2H3,(H,15,16). The normalized spacial score (nSPS) is 12.1. The highest BCUT2D eigenvalue weighted by Crippen LogP contribution is 2.04. The van der Waals surface area contributed by atoms with E-state index in [1.807, 2.05) is 18.5 Å². The minimum absolute atomic E-state index is 0.358. The molecule has 5 nitrogen and oxygen atoms in total. The molecule has 0 saturated heterocycles. The highest BCUT2D eigenvalue weighted by molar-refractivity contribution is 5.96. The number of carbonyl (C=O) groups excluding carboxylic acids is 1. The number of carboxylic acids is 1. The van der Waals surface area contributed by atoms with Crippen LogP contribution in [0.4, 0.5) is 0 Å². The smallest absolute Gasteiger partial charge is 0.315 e. The monoisotopic (exact) mass is 224 g/mol. The van der Waals surface area contributed by atoms with Crippen LogP contribution in [0.5, 0.6) is 0 Å². The van der Waals surface area contributed by atoms with E-state index in [0.29, 0.717) is 6.54 Å². The van der Waals surface area contributed by atoms with E-state index in [4.69, 9.17) is 5.11 Å².